The van der Waals surface area contributed by atoms with Crippen LogP contribution in [0.15, 0.2) is 52.1 Å². The molecule has 0 bridgehead atoms. The van der Waals surface area contributed by atoms with Crippen LogP contribution in [0, 0.1) is 13.7 Å². The van der Waals surface area contributed by atoms with Gasteiger partial charge in [0.05, 0.1) is 15.6 Å². The molecular formula is C20H16IN3O6. The Balaban J connectivity index is 1.91. The number of ether oxygens (including phenoxy) is 2. The molecule has 0 amide bonds. The monoisotopic (exact) mass is 521 g/mol. The van der Waals surface area contributed by atoms with Crippen LogP contribution in [-0.2, 0) is 6.61 Å². The largest absolute Gasteiger partial charge is 0.493 e. The molecule has 0 unspecified atom stereocenters. The quantitative estimate of drug-likeness (QED) is 0.279. The second kappa shape index (κ2) is 9.39. The average Bonchev–Trinajstić information content (AvgIpc) is 2.71. The number of benzene rings is 2. The third-order valence-corrected chi connectivity index (χ3v) is 4.85. The first-order chi connectivity index (χ1) is 14.4. The Bertz CT molecular complexity index is 1220. The molecule has 0 aliphatic heterocycles. The van der Waals surface area contributed by atoms with E-state index < -0.39 is 21.9 Å². The summed E-state index contributed by atoms with van der Waals surface area (Å²) in [7, 11) is 1.51. The highest BCUT2D eigenvalue weighted by molar-refractivity contribution is 14.1. The van der Waals surface area contributed by atoms with Crippen LogP contribution in [-0.4, -0.2) is 22.0 Å². The lowest BCUT2D eigenvalue weighted by molar-refractivity contribution is -0.386. The fourth-order valence-corrected chi connectivity index (χ4v) is 3.47. The second-order valence-electron chi connectivity index (χ2n) is 6.07. The highest BCUT2D eigenvalue weighted by atomic mass is 127. The third kappa shape index (κ3) is 4.95. The average molecular weight is 521 g/mol. The number of nitrogens with one attached hydrogen (secondary N) is 2. The number of methoxy groups -OCH3 is 1. The number of halogens is 1. The Morgan fingerprint density at radius 1 is 1.13 bits per heavy atom. The van der Waals surface area contributed by atoms with E-state index in [1.165, 1.54) is 19.3 Å². The first-order valence-electron chi connectivity index (χ1n) is 8.62. The molecule has 0 saturated carbocycles. The minimum absolute atomic E-state index is 0.202. The van der Waals surface area contributed by atoms with E-state index in [0.717, 1.165) is 9.13 Å². The standard InChI is InChI=1S/C20H16IN3O6/c1-29-16-10-13(7-8-15-17(24(27)28)19(25)23-20(26)22-15)9-14(21)18(16)30-11-12-5-3-2-4-6-12/h2-10H,11H2,1H3,(H2,22,23,25,26)/b8-7-. The van der Waals surface area contributed by atoms with Crippen LogP contribution in [0.1, 0.15) is 16.8 Å². The molecule has 154 valence electrons. The van der Waals surface area contributed by atoms with Crippen LogP contribution >= 0.6 is 22.6 Å². The van der Waals surface area contributed by atoms with E-state index >= 15 is 0 Å². The normalized spacial score (nSPS) is 10.9. The Labute approximate surface area is 183 Å². The van der Waals surface area contributed by atoms with Crippen molar-refractivity contribution in [2.75, 3.05) is 7.11 Å². The Morgan fingerprint density at radius 2 is 1.87 bits per heavy atom. The number of hydrogen-bond acceptors (Lipinski definition) is 6. The number of nitro groups is 1. The van der Waals surface area contributed by atoms with Crippen LogP contribution in [0.4, 0.5) is 5.69 Å². The molecule has 0 aliphatic rings. The lowest BCUT2D eigenvalue weighted by atomic mass is 10.1. The van der Waals surface area contributed by atoms with Gasteiger partial charge in [-0.25, -0.2) is 4.79 Å². The smallest absolute Gasteiger partial charge is 0.357 e. The fourth-order valence-electron chi connectivity index (χ4n) is 2.68. The number of aromatic nitrogens is 2. The van der Waals surface area contributed by atoms with Crippen molar-refractivity contribution in [1.82, 2.24) is 9.97 Å². The zero-order valence-electron chi connectivity index (χ0n) is 15.7. The molecular weight excluding hydrogens is 505 g/mol. The molecule has 0 aliphatic carbocycles. The van der Waals surface area contributed by atoms with Crippen molar-refractivity contribution in [2.24, 2.45) is 0 Å². The Morgan fingerprint density at radius 3 is 2.53 bits per heavy atom. The van der Waals surface area contributed by atoms with Crippen LogP contribution in [0.3, 0.4) is 0 Å². The van der Waals surface area contributed by atoms with Gasteiger partial charge in [-0.05, 0) is 51.9 Å². The fraction of sp³-hybridized carbons (Fsp3) is 0.100. The van der Waals surface area contributed by atoms with Gasteiger partial charge in [-0.1, -0.05) is 36.4 Å². The van der Waals surface area contributed by atoms with E-state index in [2.05, 4.69) is 27.6 Å². The van der Waals surface area contributed by atoms with Crippen molar-refractivity contribution in [3.63, 3.8) is 0 Å². The van der Waals surface area contributed by atoms with Gasteiger partial charge in [0.2, 0.25) is 0 Å². The predicted octanol–water partition coefficient (Wildman–Crippen LogP) is 3.33. The van der Waals surface area contributed by atoms with E-state index in [1.54, 1.807) is 12.1 Å². The van der Waals surface area contributed by atoms with E-state index in [0.29, 0.717) is 23.7 Å². The third-order valence-electron chi connectivity index (χ3n) is 4.05. The summed E-state index contributed by atoms with van der Waals surface area (Å²) in [6.07, 6.45) is 2.83. The van der Waals surface area contributed by atoms with Gasteiger partial charge < -0.3 is 14.5 Å². The molecule has 0 spiro atoms. The molecule has 2 aromatic carbocycles. The molecule has 3 rings (SSSR count). The molecule has 3 aromatic rings. The van der Waals surface area contributed by atoms with E-state index in [-0.39, 0.29) is 5.69 Å². The Kier molecular flexibility index (Phi) is 6.67. The first kappa shape index (κ1) is 21.3. The minimum Gasteiger partial charge on any atom is -0.493 e. The second-order valence-corrected chi connectivity index (χ2v) is 7.23. The summed E-state index contributed by atoms with van der Waals surface area (Å²) >= 11 is 2.10. The molecule has 10 heteroatoms. The minimum atomic E-state index is -1.07. The number of rotatable bonds is 7. The summed E-state index contributed by atoms with van der Waals surface area (Å²) in [6, 6.07) is 13.2. The number of nitrogens with zero attached hydrogens (tertiary/aromatic N) is 1. The predicted molar refractivity (Wildman–Crippen MR) is 120 cm³/mol. The van der Waals surface area contributed by atoms with E-state index in [9.17, 15) is 19.7 Å². The lowest BCUT2D eigenvalue weighted by Crippen LogP contribution is -2.25. The van der Waals surface area contributed by atoms with E-state index in [1.807, 2.05) is 35.3 Å². The molecule has 0 atom stereocenters. The van der Waals surface area contributed by atoms with Gasteiger partial charge in [0.25, 0.3) is 0 Å². The number of H-pyrrole nitrogens is 2. The molecule has 1 aromatic heterocycles. The molecule has 0 fully saturated rings. The van der Waals surface area contributed by atoms with Crippen molar-refractivity contribution in [3.8, 4) is 11.5 Å². The summed E-state index contributed by atoms with van der Waals surface area (Å²) in [4.78, 5) is 37.6. The highest BCUT2D eigenvalue weighted by Crippen LogP contribution is 2.35. The van der Waals surface area contributed by atoms with Crippen LogP contribution in [0.2, 0.25) is 0 Å². The molecule has 9 nitrogen and oxygen atoms in total. The van der Waals surface area contributed by atoms with Crippen molar-refractivity contribution in [1.29, 1.82) is 0 Å². The topological polar surface area (TPSA) is 127 Å². The van der Waals surface area contributed by atoms with Gasteiger partial charge in [0.15, 0.2) is 11.5 Å². The van der Waals surface area contributed by atoms with Gasteiger partial charge in [-0.3, -0.25) is 19.9 Å². The summed E-state index contributed by atoms with van der Waals surface area (Å²) in [5.41, 5.74) is -1.20. The zero-order chi connectivity index (χ0) is 21.7. The van der Waals surface area contributed by atoms with E-state index in [4.69, 9.17) is 9.47 Å². The Hall–Kier alpha value is -3.41. The van der Waals surface area contributed by atoms with Gasteiger partial charge in [-0.2, -0.15) is 0 Å². The van der Waals surface area contributed by atoms with Crippen molar-refractivity contribution in [2.45, 2.75) is 6.61 Å². The molecule has 2 N–H and O–H groups in total. The number of hydrogen-bond donors (Lipinski definition) is 2. The van der Waals surface area contributed by atoms with Crippen LogP contribution in [0.5, 0.6) is 11.5 Å². The van der Waals surface area contributed by atoms with Crippen molar-refractivity contribution in [3.05, 3.63) is 93.8 Å². The first-order valence-corrected chi connectivity index (χ1v) is 9.70. The van der Waals surface area contributed by atoms with Gasteiger partial charge in [0, 0.05) is 0 Å². The number of aromatic amines is 2. The molecule has 1 heterocycles. The highest BCUT2D eigenvalue weighted by Gasteiger charge is 2.19. The maximum Gasteiger partial charge on any atom is 0.357 e. The van der Waals surface area contributed by atoms with Crippen LogP contribution < -0.4 is 20.7 Å². The van der Waals surface area contributed by atoms with Gasteiger partial charge in [0.1, 0.15) is 12.3 Å². The van der Waals surface area contributed by atoms with Gasteiger partial charge >= 0.3 is 16.9 Å². The summed E-state index contributed by atoms with van der Waals surface area (Å²) in [5.74, 6) is 1.04. The van der Waals surface area contributed by atoms with Crippen molar-refractivity contribution >= 4 is 40.4 Å². The lowest BCUT2D eigenvalue weighted by Gasteiger charge is -2.13. The van der Waals surface area contributed by atoms with Crippen molar-refractivity contribution < 1.29 is 14.4 Å². The van der Waals surface area contributed by atoms with Gasteiger partial charge in [-0.15, -0.1) is 0 Å². The van der Waals surface area contributed by atoms with Crippen LogP contribution in [0.25, 0.3) is 12.2 Å². The zero-order valence-corrected chi connectivity index (χ0v) is 17.8. The summed E-state index contributed by atoms with van der Waals surface area (Å²) < 4.78 is 12.1. The SMILES string of the molecule is COc1cc(/C=C\c2[nH]c(=O)[nH]c(=O)c2[N+](=O)[O-])cc(I)c1OCc1ccccc1. The molecule has 30 heavy (non-hydrogen) atoms. The maximum atomic E-state index is 11.7. The molecule has 0 radical (unpaired) electrons. The summed E-state index contributed by atoms with van der Waals surface area (Å²) in [5, 5.41) is 11.1. The maximum absolute atomic E-state index is 11.7. The summed E-state index contributed by atoms with van der Waals surface area (Å²) in [6.45, 7) is 0.364. The molecule has 0 saturated heterocycles.